The summed E-state index contributed by atoms with van der Waals surface area (Å²) in [5.41, 5.74) is 0. The highest BCUT2D eigenvalue weighted by molar-refractivity contribution is 7.91. The van der Waals surface area contributed by atoms with E-state index in [1.807, 2.05) is 19.9 Å². The molecule has 1 rings (SSSR count). The van der Waals surface area contributed by atoms with Crippen molar-refractivity contribution < 1.29 is 13.2 Å². The van der Waals surface area contributed by atoms with Crippen molar-refractivity contribution in [3.05, 3.63) is 0 Å². The van der Waals surface area contributed by atoms with Crippen molar-refractivity contribution in [1.29, 1.82) is 5.26 Å². The summed E-state index contributed by atoms with van der Waals surface area (Å²) in [6, 6.07) is 1.96. The van der Waals surface area contributed by atoms with Crippen molar-refractivity contribution in [3.8, 4) is 6.07 Å². The largest absolute Gasteiger partial charge is 0.355 e. The topological polar surface area (TPSA) is 87.0 Å². The minimum Gasteiger partial charge on any atom is -0.355 e. The Morgan fingerprint density at radius 1 is 1.53 bits per heavy atom. The van der Waals surface area contributed by atoms with Gasteiger partial charge in [-0.05, 0) is 18.3 Å². The first-order chi connectivity index (χ1) is 7.85. The summed E-state index contributed by atoms with van der Waals surface area (Å²) in [7, 11) is -2.90. The number of nitrogens with zero attached hydrogens (tertiary/aromatic N) is 1. The Hall–Kier alpha value is -1.09. The van der Waals surface area contributed by atoms with Crippen molar-refractivity contribution in [2.24, 2.45) is 17.8 Å². The van der Waals surface area contributed by atoms with Crippen LogP contribution >= 0.6 is 0 Å². The fourth-order valence-corrected chi connectivity index (χ4v) is 3.76. The molecule has 1 aliphatic heterocycles. The number of hydrogen-bond acceptors (Lipinski definition) is 4. The number of nitrogens with one attached hydrogen (secondary N) is 1. The van der Waals surface area contributed by atoms with E-state index in [0.29, 0.717) is 13.0 Å². The zero-order chi connectivity index (χ0) is 13.1. The Kier molecular flexibility index (Phi) is 4.52. The molecule has 1 amide bonds. The molecule has 0 bridgehead atoms. The molecule has 1 aliphatic rings. The first kappa shape index (κ1) is 14.0. The van der Waals surface area contributed by atoms with E-state index in [2.05, 4.69) is 5.32 Å². The SMILES string of the molecule is CC(C)C(C#N)C(=O)NCC1CCS(=O)(=O)C1. The van der Waals surface area contributed by atoms with Gasteiger partial charge in [0.1, 0.15) is 5.92 Å². The smallest absolute Gasteiger partial charge is 0.237 e. The summed E-state index contributed by atoms with van der Waals surface area (Å²) < 4.78 is 22.4. The van der Waals surface area contributed by atoms with Gasteiger partial charge in [0.25, 0.3) is 0 Å². The minimum absolute atomic E-state index is 0.00421. The van der Waals surface area contributed by atoms with Gasteiger partial charge in [-0.15, -0.1) is 0 Å². The molecule has 0 aromatic rings. The van der Waals surface area contributed by atoms with E-state index in [9.17, 15) is 13.2 Å². The number of carbonyl (C=O) groups is 1. The molecular weight excluding hydrogens is 240 g/mol. The quantitative estimate of drug-likeness (QED) is 0.787. The lowest BCUT2D eigenvalue weighted by Crippen LogP contribution is -2.36. The molecule has 2 atom stereocenters. The van der Waals surface area contributed by atoms with Crippen molar-refractivity contribution in [2.45, 2.75) is 20.3 Å². The van der Waals surface area contributed by atoms with Crippen LogP contribution in [0.2, 0.25) is 0 Å². The normalized spacial score (nSPS) is 24.2. The van der Waals surface area contributed by atoms with Gasteiger partial charge in [0, 0.05) is 6.54 Å². The first-order valence-corrected chi connectivity index (χ1v) is 7.55. The molecule has 0 aromatic heterocycles. The second-order valence-electron chi connectivity index (χ2n) is 4.87. The summed E-state index contributed by atoms with van der Waals surface area (Å²) in [5.74, 6) is -0.645. The standard InChI is InChI=1S/C11H18N2O3S/c1-8(2)10(5-12)11(14)13-6-9-3-4-17(15,16)7-9/h8-10H,3-4,6-7H2,1-2H3,(H,13,14). The van der Waals surface area contributed by atoms with Crippen LogP contribution in [0.3, 0.4) is 0 Å². The minimum atomic E-state index is -2.90. The van der Waals surface area contributed by atoms with Crippen LogP contribution in [0.1, 0.15) is 20.3 Å². The molecule has 0 radical (unpaired) electrons. The Morgan fingerprint density at radius 3 is 2.59 bits per heavy atom. The summed E-state index contributed by atoms with van der Waals surface area (Å²) in [6.07, 6.45) is 0.599. The Bertz CT molecular complexity index is 422. The van der Waals surface area contributed by atoms with Crippen LogP contribution in [-0.4, -0.2) is 32.4 Å². The van der Waals surface area contributed by atoms with Gasteiger partial charge in [-0.25, -0.2) is 8.42 Å². The molecule has 0 saturated carbocycles. The molecule has 1 heterocycles. The molecular formula is C11H18N2O3S. The second-order valence-corrected chi connectivity index (χ2v) is 7.09. The van der Waals surface area contributed by atoms with E-state index >= 15 is 0 Å². The molecule has 2 unspecified atom stereocenters. The third-order valence-corrected chi connectivity index (χ3v) is 4.82. The first-order valence-electron chi connectivity index (χ1n) is 5.73. The van der Waals surface area contributed by atoms with E-state index < -0.39 is 15.8 Å². The van der Waals surface area contributed by atoms with Gasteiger partial charge in [0.05, 0.1) is 17.6 Å². The molecule has 0 spiro atoms. The van der Waals surface area contributed by atoms with Crippen LogP contribution in [0.15, 0.2) is 0 Å². The summed E-state index contributed by atoms with van der Waals surface area (Å²) in [6.45, 7) is 3.98. The molecule has 5 nitrogen and oxygen atoms in total. The third-order valence-electron chi connectivity index (χ3n) is 2.98. The van der Waals surface area contributed by atoms with E-state index in [-0.39, 0.29) is 29.2 Å². The molecule has 17 heavy (non-hydrogen) atoms. The van der Waals surface area contributed by atoms with E-state index in [1.54, 1.807) is 0 Å². The van der Waals surface area contributed by atoms with Gasteiger partial charge < -0.3 is 5.32 Å². The summed E-state index contributed by atoms with van der Waals surface area (Å²) >= 11 is 0. The maximum absolute atomic E-state index is 11.7. The number of rotatable bonds is 4. The fraction of sp³-hybridized carbons (Fsp3) is 0.818. The zero-order valence-corrected chi connectivity index (χ0v) is 11.0. The van der Waals surface area contributed by atoms with E-state index in [4.69, 9.17) is 5.26 Å². The maximum Gasteiger partial charge on any atom is 0.237 e. The van der Waals surface area contributed by atoms with Crippen molar-refractivity contribution >= 4 is 15.7 Å². The number of amides is 1. The van der Waals surface area contributed by atoms with Crippen LogP contribution in [0.4, 0.5) is 0 Å². The molecule has 0 aromatic carbocycles. The van der Waals surface area contributed by atoms with E-state index in [0.717, 1.165) is 0 Å². The lowest BCUT2D eigenvalue weighted by atomic mass is 9.96. The van der Waals surface area contributed by atoms with Crippen molar-refractivity contribution in [2.75, 3.05) is 18.1 Å². The molecule has 96 valence electrons. The number of nitriles is 1. The molecule has 1 saturated heterocycles. The van der Waals surface area contributed by atoms with E-state index in [1.165, 1.54) is 0 Å². The lowest BCUT2D eigenvalue weighted by Gasteiger charge is -2.15. The Labute approximate surface area is 102 Å². The van der Waals surface area contributed by atoms with Crippen LogP contribution in [0.25, 0.3) is 0 Å². The third kappa shape index (κ3) is 4.00. The predicted octanol–water partition coefficient (Wildman–Crippen LogP) is 0.333. The molecule has 0 aliphatic carbocycles. The fourth-order valence-electron chi connectivity index (χ4n) is 1.90. The van der Waals surface area contributed by atoms with Crippen molar-refractivity contribution in [3.63, 3.8) is 0 Å². The second kappa shape index (κ2) is 5.50. The highest BCUT2D eigenvalue weighted by Crippen LogP contribution is 2.17. The average Bonchev–Trinajstić information content (AvgIpc) is 2.56. The van der Waals surface area contributed by atoms with Crippen LogP contribution in [-0.2, 0) is 14.6 Å². The van der Waals surface area contributed by atoms with Gasteiger partial charge in [-0.1, -0.05) is 13.8 Å². The van der Waals surface area contributed by atoms with Crippen LogP contribution in [0, 0.1) is 29.1 Å². The number of carbonyl (C=O) groups excluding carboxylic acids is 1. The zero-order valence-electron chi connectivity index (χ0n) is 10.1. The highest BCUT2D eigenvalue weighted by atomic mass is 32.2. The lowest BCUT2D eigenvalue weighted by molar-refractivity contribution is -0.124. The van der Waals surface area contributed by atoms with Crippen molar-refractivity contribution in [1.82, 2.24) is 5.32 Å². The van der Waals surface area contributed by atoms with Gasteiger partial charge in [0.2, 0.25) is 5.91 Å². The molecule has 1 N–H and O–H groups in total. The van der Waals surface area contributed by atoms with Gasteiger partial charge >= 0.3 is 0 Å². The van der Waals surface area contributed by atoms with Gasteiger partial charge in [-0.3, -0.25) is 4.79 Å². The van der Waals surface area contributed by atoms with Crippen LogP contribution in [0.5, 0.6) is 0 Å². The number of hydrogen-bond donors (Lipinski definition) is 1. The summed E-state index contributed by atoms with van der Waals surface area (Å²) in [4.78, 5) is 11.7. The Morgan fingerprint density at radius 2 is 2.18 bits per heavy atom. The molecule has 1 fully saturated rings. The maximum atomic E-state index is 11.7. The van der Waals surface area contributed by atoms with Crippen LogP contribution < -0.4 is 5.32 Å². The summed E-state index contributed by atoms with van der Waals surface area (Å²) in [5, 5.41) is 11.5. The highest BCUT2D eigenvalue weighted by Gasteiger charge is 2.29. The van der Waals surface area contributed by atoms with Gasteiger partial charge in [-0.2, -0.15) is 5.26 Å². The Balaban J connectivity index is 2.42. The monoisotopic (exact) mass is 258 g/mol. The average molecular weight is 258 g/mol. The van der Waals surface area contributed by atoms with Gasteiger partial charge in [0.15, 0.2) is 9.84 Å². The predicted molar refractivity (Wildman–Crippen MR) is 63.7 cm³/mol. The number of sulfone groups is 1. The molecule has 6 heteroatoms.